The van der Waals surface area contributed by atoms with Crippen molar-refractivity contribution < 1.29 is 22.7 Å². The number of anilines is 1. The minimum Gasteiger partial charge on any atom is -0.444 e. The van der Waals surface area contributed by atoms with Crippen molar-refractivity contribution in [3.8, 4) is 5.69 Å². The Morgan fingerprint density at radius 3 is 2.24 bits per heavy atom. The molecule has 0 radical (unpaired) electrons. The molecule has 2 aromatic carbocycles. The van der Waals surface area contributed by atoms with Crippen molar-refractivity contribution in [2.75, 3.05) is 31.1 Å². The van der Waals surface area contributed by atoms with Gasteiger partial charge in [0.05, 0.1) is 11.0 Å². The molecule has 0 unspecified atom stereocenters. The molecule has 1 aliphatic heterocycles. The van der Waals surface area contributed by atoms with Crippen molar-refractivity contribution >= 4 is 22.9 Å². The normalized spacial score (nSPS) is 14.6. The van der Waals surface area contributed by atoms with Gasteiger partial charge in [-0.1, -0.05) is 6.07 Å². The lowest BCUT2D eigenvalue weighted by atomic mass is 10.2. The predicted molar refractivity (Wildman–Crippen MR) is 117 cm³/mol. The molecular formula is C23H23F3N4O3. The summed E-state index contributed by atoms with van der Waals surface area (Å²) in [6.07, 6.45) is -0.471. The Bertz CT molecular complexity index is 1260. The summed E-state index contributed by atoms with van der Waals surface area (Å²) in [6.45, 7) is 6.29. The van der Waals surface area contributed by atoms with Gasteiger partial charge in [0.2, 0.25) is 0 Å². The first kappa shape index (κ1) is 22.6. The molecule has 174 valence electrons. The molecule has 1 fully saturated rings. The average molecular weight is 460 g/mol. The third-order valence-electron chi connectivity index (χ3n) is 5.19. The van der Waals surface area contributed by atoms with E-state index >= 15 is 0 Å². The summed E-state index contributed by atoms with van der Waals surface area (Å²) in [5.74, 6) is -2.56. The summed E-state index contributed by atoms with van der Waals surface area (Å²) < 4.78 is 49.4. The van der Waals surface area contributed by atoms with Gasteiger partial charge in [-0.3, -0.25) is 9.36 Å². The number of amides is 1. The number of carbonyl (C=O) groups excluding carboxylic acids is 1. The second-order valence-corrected chi connectivity index (χ2v) is 8.73. The Hall–Kier alpha value is -3.56. The van der Waals surface area contributed by atoms with Gasteiger partial charge < -0.3 is 14.5 Å². The number of benzene rings is 2. The third-order valence-corrected chi connectivity index (χ3v) is 5.19. The molecule has 3 aromatic rings. The molecule has 1 saturated heterocycles. The van der Waals surface area contributed by atoms with Gasteiger partial charge in [-0.05, 0) is 45.0 Å². The smallest absolute Gasteiger partial charge is 0.410 e. The molecule has 0 bridgehead atoms. The van der Waals surface area contributed by atoms with Gasteiger partial charge in [-0.2, -0.15) is 0 Å². The highest BCUT2D eigenvalue weighted by molar-refractivity contribution is 5.79. The maximum Gasteiger partial charge on any atom is 0.410 e. The van der Waals surface area contributed by atoms with Gasteiger partial charge in [0, 0.05) is 32.2 Å². The molecule has 0 atom stereocenters. The van der Waals surface area contributed by atoms with Crippen LogP contribution in [-0.2, 0) is 4.74 Å². The van der Waals surface area contributed by atoms with Gasteiger partial charge in [0.1, 0.15) is 28.7 Å². The minimum atomic E-state index is -0.936. The van der Waals surface area contributed by atoms with Crippen molar-refractivity contribution in [3.63, 3.8) is 0 Å². The lowest BCUT2D eigenvalue weighted by Gasteiger charge is -2.36. The van der Waals surface area contributed by atoms with Crippen LogP contribution in [0, 0.1) is 17.5 Å². The molecule has 2 heterocycles. The Morgan fingerprint density at radius 2 is 1.64 bits per heavy atom. The van der Waals surface area contributed by atoms with Crippen molar-refractivity contribution in [1.29, 1.82) is 0 Å². The van der Waals surface area contributed by atoms with Gasteiger partial charge in [0.25, 0.3) is 5.56 Å². The molecule has 7 nitrogen and oxygen atoms in total. The highest BCUT2D eigenvalue weighted by Gasteiger charge is 2.29. The molecule has 0 aliphatic carbocycles. The van der Waals surface area contributed by atoms with E-state index < -0.39 is 40.4 Å². The van der Waals surface area contributed by atoms with Gasteiger partial charge in [-0.25, -0.2) is 22.9 Å². The highest BCUT2D eigenvalue weighted by Crippen LogP contribution is 2.24. The highest BCUT2D eigenvalue weighted by atomic mass is 19.1. The van der Waals surface area contributed by atoms with Crippen LogP contribution in [0.3, 0.4) is 0 Å². The summed E-state index contributed by atoms with van der Waals surface area (Å²) in [5, 5.41) is 0. The molecule has 0 spiro atoms. The second kappa shape index (κ2) is 8.42. The number of ether oxygens (including phenoxy) is 1. The van der Waals surface area contributed by atoms with Crippen LogP contribution in [-0.4, -0.2) is 52.3 Å². The van der Waals surface area contributed by atoms with Crippen LogP contribution in [0.2, 0.25) is 0 Å². The number of nitrogens with zero attached hydrogens (tertiary/aromatic N) is 4. The van der Waals surface area contributed by atoms with E-state index in [2.05, 4.69) is 4.98 Å². The first-order valence-corrected chi connectivity index (χ1v) is 10.4. The Kier molecular flexibility index (Phi) is 5.77. The van der Waals surface area contributed by atoms with E-state index in [4.69, 9.17) is 4.74 Å². The van der Waals surface area contributed by atoms with E-state index in [9.17, 15) is 22.8 Å². The number of rotatable bonds is 2. The topological polar surface area (TPSA) is 67.7 Å². The number of fused-ring (bicyclic) bond motifs is 1. The summed E-state index contributed by atoms with van der Waals surface area (Å²) in [6, 6.07) is 6.73. The minimum absolute atomic E-state index is 0.0709. The lowest BCUT2D eigenvalue weighted by Crippen LogP contribution is -2.51. The third kappa shape index (κ3) is 4.50. The number of para-hydroxylation sites is 1. The van der Waals surface area contributed by atoms with E-state index in [-0.39, 0.29) is 43.0 Å². The van der Waals surface area contributed by atoms with Crippen LogP contribution in [0.25, 0.3) is 16.7 Å². The molecule has 0 N–H and O–H groups in total. The fraction of sp³-hybridized carbons (Fsp3) is 0.348. The monoisotopic (exact) mass is 460 g/mol. The lowest BCUT2D eigenvalue weighted by molar-refractivity contribution is 0.0240. The van der Waals surface area contributed by atoms with Crippen LogP contribution in [0.4, 0.5) is 23.8 Å². The Labute approximate surface area is 188 Å². The number of piperazine rings is 1. The van der Waals surface area contributed by atoms with E-state index in [1.165, 1.54) is 17.0 Å². The van der Waals surface area contributed by atoms with Gasteiger partial charge >= 0.3 is 6.09 Å². The first-order chi connectivity index (χ1) is 15.5. The molecule has 33 heavy (non-hydrogen) atoms. The SMILES string of the molecule is CC(C)(C)OC(=O)N1CCN(c2nc3cc(F)ccc3n(-c3c(F)cccc3F)c2=O)CC1. The predicted octanol–water partition coefficient (Wildman–Crippen LogP) is 3.86. The largest absolute Gasteiger partial charge is 0.444 e. The van der Waals surface area contributed by atoms with Crippen LogP contribution in [0.15, 0.2) is 41.2 Å². The Morgan fingerprint density at radius 1 is 1.00 bits per heavy atom. The molecule has 1 aromatic heterocycles. The van der Waals surface area contributed by atoms with E-state index in [1.54, 1.807) is 25.7 Å². The number of hydrogen-bond donors (Lipinski definition) is 0. The van der Waals surface area contributed by atoms with Crippen LogP contribution >= 0.6 is 0 Å². The van der Waals surface area contributed by atoms with Crippen molar-refractivity contribution in [1.82, 2.24) is 14.5 Å². The first-order valence-electron chi connectivity index (χ1n) is 10.4. The molecule has 0 saturated carbocycles. The summed E-state index contributed by atoms with van der Waals surface area (Å²) >= 11 is 0. The Balaban J connectivity index is 1.75. The standard InChI is InChI=1S/C23H23F3N4O3/c1-23(2,3)33-22(32)29-11-9-28(10-12-29)20-21(31)30(19-15(25)5-4-6-16(19)26)18-8-7-14(24)13-17(18)27-20/h4-8,13H,9-12H2,1-3H3. The van der Waals surface area contributed by atoms with Crippen LogP contribution < -0.4 is 10.5 Å². The molecule has 1 amide bonds. The molecule has 1 aliphatic rings. The van der Waals surface area contributed by atoms with Gasteiger partial charge in [0.15, 0.2) is 5.82 Å². The number of hydrogen-bond acceptors (Lipinski definition) is 5. The van der Waals surface area contributed by atoms with Crippen molar-refractivity contribution in [3.05, 3.63) is 64.2 Å². The summed E-state index contributed by atoms with van der Waals surface area (Å²) in [7, 11) is 0. The quantitative estimate of drug-likeness (QED) is 0.581. The molecule has 4 rings (SSSR count). The van der Waals surface area contributed by atoms with Crippen molar-refractivity contribution in [2.24, 2.45) is 0 Å². The zero-order chi connectivity index (χ0) is 23.9. The number of carbonyl (C=O) groups is 1. The van der Waals surface area contributed by atoms with Crippen LogP contribution in [0.5, 0.6) is 0 Å². The number of halogens is 3. The van der Waals surface area contributed by atoms with E-state index in [0.29, 0.717) is 0 Å². The zero-order valence-corrected chi connectivity index (χ0v) is 18.4. The second-order valence-electron chi connectivity index (χ2n) is 8.73. The average Bonchev–Trinajstić information content (AvgIpc) is 2.73. The van der Waals surface area contributed by atoms with E-state index in [1.807, 2.05) is 0 Å². The molecule has 10 heteroatoms. The van der Waals surface area contributed by atoms with Crippen molar-refractivity contribution in [2.45, 2.75) is 26.4 Å². The maximum absolute atomic E-state index is 14.6. The fourth-order valence-corrected chi connectivity index (χ4v) is 3.70. The fourth-order valence-electron chi connectivity index (χ4n) is 3.70. The summed E-state index contributed by atoms with van der Waals surface area (Å²) in [4.78, 5) is 33.2. The molecular weight excluding hydrogens is 437 g/mol. The maximum atomic E-state index is 14.6. The van der Waals surface area contributed by atoms with Crippen LogP contribution in [0.1, 0.15) is 20.8 Å². The summed E-state index contributed by atoms with van der Waals surface area (Å²) in [5.41, 5.74) is -1.81. The van der Waals surface area contributed by atoms with E-state index in [0.717, 1.165) is 28.8 Å². The van der Waals surface area contributed by atoms with Gasteiger partial charge in [-0.15, -0.1) is 0 Å². The zero-order valence-electron chi connectivity index (χ0n) is 18.4. The number of aromatic nitrogens is 2.